The van der Waals surface area contributed by atoms with Gasteiger partial charge in [0.05, 0.1) is 0 Å². The molecule has 0 aliphatic rings. The van der Waals surface area contributed by atoms with Crippen molar-refractivity contribution in [1.29, 1.82) is 0 Å². The number of carbonyl (C=O) groups excluding carboxylic acids is 1. The van der Waals surface area contributed by atoms with Crippen LogP contribution in [0.5, 0.6) is 0 Å². The van der Waals surface area contributed by atoms with Crippen LogP contribution in [-0.2, 0) is 0 Å². The predicted molar refractivity (Wildman–Crippen MR) is 69.8 cm³/mol. The fourth-order valence-corrected chi connectivity index (χ4v) is 1.76. The van der Waals surface area contributed by atoms with Crippen molar-refractivity contribution in [1.82, 2.24) is 0 Å². The Morgan fingerprint density at radius 1 is 1.21 bits per heavy atom. The lowest BCUT2D eigenvalue weighted by Crippen LogP contribution is -2.11. The zero-order valence-electron chi connectivity index (χ0n) is 9.78. The lowest BCUT2D eigenvalue weighted by atomic mass is 10.2. The number of aliphatic imine (C=N–C) groups is 1. The molecule has 0 atom stereocenters. The van der Waals surface area contributed by atoms with E-state index in [0.29, 0.717) is 5.56 Å². The van der Waals surface area contributed by atoms with Crippen LogP contribution in [0.15, 0.2) is 47.2 Å². The summed E-state index contributed by atoms with van der Waals surface area (Å²) in [6, 6.07) is 8.25. The van der Waals surface area contributed by atoms with Crippen molar-refractivity contribution in [2.75, 3.05) is 5.75 Å². The van der Waals surface area contributed by atoms with Crippen molar-refractivity contribution < 1.29 is 18.0 Å². The molecule has 0 saturated heterocycles. The first-order valence-corrected chi connectivity index (χ1v) is 6.25. The number of nitrogens with two attached hydrogens (primary N) is 1. The van der Waals surface area contributed by atoms with Gasteiger partial charge in [0, 0.05) is 17.7 Å². The maximum absolute atomic E-state index is 12.5. The summed E-state index contributed by atoms with van der Waals surface area (Å²) in [7, 11) is 0. The van der Waals surface area contributed by atoms with E-state index in [1.165, 1.54) is 0 Å². The molecule has 0 fully saturated rings. The summed E-state index contributed by atoms with van der Waals surface area (Å²) in [5, 5.41) is -0.0825. The number of hydrogen-bond acceptors (Lipinski definition) is 2. The van der Waals surface area contributed by atoms with Crippen molar-refractivity contribution in [3.8, 4) is 0 Å². The lowest BCUT2D eigenvalue weighted by molar-refractivity contribution is 0.100. The number of hydrogen-bond donors (Lipinski definition) is 1. The molecule has 0 heterocycles. The summed E-state index contributed by atoms with van der Waals surface area (Å²) in [5.41, 5.74) is 5.81. The first-order chi connectivity index (χ1) is 9.00. The molecule has 1 aromatic rings. The molecule has 7 heteroatoms. The second kappa shape index (κ2) is 7.63. The van der Waals surface area contributed by atoms with Gasteiger partial charge >= 0.3 is 6.08 Å². The van der Waals surface area contributed by atoms with E-state index in [1.54, 1.807) is 30.3 Å². The number of halogens is 3. The van der Waals surface area contributed by atoms with Gasteiger partial charge < -0.3 is 5.73 Å². The van der Waals surface area contributed by atoms with Crippen molar-refractivity contribution in [3.63, 3.8) is 0 Å². The second-order valence-electron chi connectivity index (χ2n) is 3.38. The average molecular weight is 288 g/mol. The molecule has 0 aliphatic carbocycles. The molecule has 0 aromatic heterocycles. The Morgan fingerprint density at radius 3 is 2.42 bits per heavy atom. The minimum Gasteiger partial charge on any atom is -0.378 e. The van der Waals surface area contributed by atoms with Crippen LogP contribution in [0.3, 0.4) is 0 Å². The fraction of sp³-hybridized carbons (Fsp3) is 0.167. The lowest BCUT2D eigenvalue weighted by Gasteiger charge is -1.99. The van der Waals surface area contributed by atoms with Crippen LogP contribution in [0.25, 0.3) is 0 Å². The van der Waals surface area contributed by atoms with Crippen LogP contribution in [0.2, 0.25) is 0 Å². The van der Waals surface area contributed by atoms with Gasteiger partial charge in [0.15, 0.2) is 11.0 Å². The summed E-state index contributed by atoms with van der Waals surface area (Å²) in [6.07, 6.45) is -2.79. The maximum atomic E-state index is 12.5. The zero-order valence-corrected chi connectivity index (χ0v) is 10.6. The van der Waals surface area contributed by atoms with Crippen LogP contribution in [0, 0.1) is 0 Å². The number of benzene rings is 1. The molecule has 0 bridgehead atoms. The third-order valence-electron chi connectivity index (χ3n) is 2.01. The summed E-state index contributed by atoms with van der Waals surface area (Å²) in [6.45, 7) is 0. The highest BCUT2D eigenvalue weighted by Gasteiger charge is 2.07. The number of thioether (sulfide) groups is 1. The SMILES string of the molecule is NC(=NC(=O)c1ccccc1)SCCC(F)=C(F)F. The van der Waals surface area contributed by atoms with E-state index in [4.69, 9.17) is 5.73 Å². The zero-order chi connectivity index (χ0) is 14.3. The number of rotatable bonds is 4. The van der Waals surface area contributed by atoms with Gasteiger partial charge in [-0.1, -0.05) is 30.0 Å². The Labute approximate surface area is 112 Å². The second-order valence-corrected chi connectivity index (χ2v) is 4.50. The summed E-state index contributed by atoms with van der Waals surface area (Å²) < 4.78 is 36.0. The first kappa shape index (κ1) is 15.3. The Bertz CT molecular complexity index is 499. The van der Waals surface area contributed by atoms with Crippen molar-refractivity contribution in [2.45, 2.75) is 6.42 Å². The molecular formula is C12H11F3N2OS. The molecule has 0 unspecified atom stereocenters. The quantitative estimate of drug-likeness (QED) is 0.683. The molecule has 0 aliphatic heterocycles. The molecule has 0 spiro atoms. The van der Waals surface area contributed by atoms with Crippen molar-refractivity contribution in [3.05, 3.63) is 47.8 Å². The number of carbonyl (C=O) groups is 1. The van der Waals surface area contributed by atoms with Crippen LogP contribution < -0.4 is 5.73 Å². The normalized spacial score (nSPS) is 11.2. The molecule has 0 radical (unpaired) electrons. The third kappa shape index (κ3) is 5.60. The minimum atomic E-state index is -2.34. The topological polar surface area (TPSA) is 55.4 Å². The smallest absolute Gasteiger partial charge is 0.301 e. The number of amidine groups is 1. The number of allylic oxidation sites excluding steroid dienone is 1. The van der Waals surface area contributed by atoms with E-state index in [2.05, 4.69) is 4.99 Å². The van der Waals surface area contributed by atoms with Crippen molar-refractivity contribution in [2.24, 2.45) is 10.7 Å². The van der Waals surface area contributed by atoms with E-state index in [1.807, 2.05) is 0 Å². The van der Waals surface area contributed by atoms with E-state index in [0.717, 1.165) is 11.8 Å². The van der Waals surface area contributed by atoms with Crippen LogP contribution in [0.1, 0.15) is 16.8 Å². The molecule has 0 saturated carbocycles. The van der Waals surface area contributed by atoms with Gasteiger partial charge in [0.2, 0.25) is 0 Å². The summed E-state index contributed by atoms with van der Waals surface area (Å²) in [4.78, 5) is 15.2. The number of amides is 1. The van der Waals surface area contributed by atoms with Gasteiger partial charge in [-0.05, 0) is 12.1 Å². The fourth-order valence-electron chi connectivity index (χ4n) is 1.12. The Kier molecular flexibility index (Phi) is 6.14. The van der Waals surface area contributed by atoms with E-state index >= 15 is 0 Å². The van der Waals surface area contributed by atoms with E-state index in [9.17, 15) is 18.0 Å². The standard InChI is InChI=1S/C12H11F3N2OS/c13-9(10(14)15)6-7-19-12(16)17-11(18)8-4-2-1-3-5-8/h1-5H,6-7H2,(H2,16,17,18). The molecule has 102 valence electrons. The first-order valence-electron chi connectivity index (χ1n) is 5.26. The third-order valence-corrected chi connectivity index (χ3v) is 2.80. The van der Waals surface area contributed by atoms with Gasteiger partial charge in [-0.15, -0.1) is 0 Å². The van der Waals surface area contributed by atoms with Crippen LogP contribution in [-0.4, -0.2) is 16.8 Å². The van der Waals surface area contributed by atoms with Gasteiger partial charge in [-0.3, -0.25) is 4.79 Å². The Morgan fingerprint density at radius 2 is 1.84 bits per heavy atom. The number of nitrogens with zero attached hydrogens (tertiary/aromatic N) is 1. The van der Waals surface area contributed by atoms with Crippen LogP contribution >= 0.6 is 11.8 Å². The van der Waals surface area contributed by atoms with Gasteiger partial charge in [0.1, 0.15) is 0 Å². The molecule has 1 rings (SSSR count). The highest BCUT2D eigenvalue weighted by molar-refractivity contribution is 8.13. The summed E-state index contributed by atoms with van der Waals surface area (Å²) in [5.74, 6) is -2.02. The van der Waals surface area contributed by atoms with Gasteiger partial charge in [0.25, 0.3) is 5.91 Å². The molecule has 3 nitrogen and oxygen atoms in total. The Hall–Kier alpha value is -1.76. The van der Waals surface area contributed by atoms with E-state index in [-0.39, 0.29) is 10.9 Å². The minimum absolute atomic E-state index is 0.0133. The highest BCUT2D eigenvalue weighted by Crippen LogP contribution is 2.16. The maximum Gasteiger partial charge on any atom is 0.301 e. The van der Waals surface area contributed by atoms with Gasteiger partial charge in [-0.2, -0.15) is 13.8 Å². The Balaban J connectivity index is 2.50. The summed E-state index contributed by atoms with van der Waals surface area (Å²) >= 11 is 0.845. The molecular weight excluding hydrogens is 277 g/mol. The largest absolute Gasteiger partial charge is 0.378 e. The van der Waals surface area contributed by atoms with Crippen LogP contribution in [0.4, 0.5) is 13.2 Å². The molecule has 1 aromatic carbocycles. The molecule has 1 amide bonds. The van der Waals surface area contributed by atoms with E-state index < -0.39 is 24.2 Å². The predicted octanol–water partition coefficient (Wildman–Crippen LogP) is 3.34. The average Bonchev–Trinajstić information content (AvgIpc) is 2.39. The van der Waals surface area contributed by atoms with Crippen molar-refractivity contribution >= 4 is 22.8 Å². The monoisotopic (exact) mass is 288 g/mol. The highest BCUT2D eigenvalue weighted by atomic mass is 32.2. The molecule has 2 N–H and O–H groups in total. The van der Waals surface area contributed by atoms with Gasteiger partial charge in [-0.25, -0.2) is 4.39 Å². The molecule has 19 heavy (non-hydrogen) atoms.